The molecule has 0 bridgehead atoms. The quantitative estimate of drug-likeness (QED) is 0.528. The first-order chi connectivity index (χ1) is 7.54. The molecule has 1 amide bonds. The first kappa shape index (κ1) is 12.4. The van der Waals surface area contributed by atoms with Crippen LogP contribution in [0, 0.1) is 6.92 Å². The zero-order valence-corrected chi connectivity index (χ0v) is 8.97. The molecule has 0 aliphatic carbocycles. The Kier molecular flexibility index (Phi) is 4.21. The van der Waals surface area contributed by atoms with Gasteiger partial charge in [0.1, 0.15) is 0 Å². The van der Waals surface area contributed by atoms with E-state index in [1.54, 1.807) is 6.92 Å². The average molecular weight is 225 g/mol. The van der Waals surface area contributed by atoms with Crippen molar-refractivity contribution in [2.75, 3.05) is 18.9 Å². The fraction of sp³-hybridized carbons (Fsp3) is 0.400. The normalized spacial score (nSPS) is 12.2. The van der Waals surface area contributed by atoms with Crippen LogP contribution in [0.4, 0.5) is 5.69 Å². The number of rotatable bonds is 4. The summed E-state index contributed by atoms with van der Waals surface area (Å²) in [6, 6.07) is 1.52. The topological polar surface area (TPSA) is 108 Å². The van der Waals surface area contributed by atoms with Gasteiger partial charge in [-0.25, -0.2) is 0 Å². The minimum absolute atomic E-state index is 0.0103. The van der Waals surface area contributed by atoms with Crippen LogP contribution in [-0.4, -0.2) is 40.4 Å². The second kappa shape index (κ2) is 5.43. The second-order valence-corrected chi connectivity index (χ2v) is 3.45. The molecule has 6 nitrogen and oxygen atoms in total. The van der Waals surface area contributed by atoms with Gasteiger partial charge in [-0.2, -0.15) is 0 Å². The van der Waals surface area contributed by atoms with Crippen LogP contribution < -0.4 is 11.1 Å². The first-order valence-electron chi connectivity index (χ1n) is 4.84. The highest BCUT2D eigenvalue weighted by atomic mass is 16.3. The van der Waals surface area contributed by atoms with Gasteiger partial charge in [0.2, 0.25) is 0 Å². The molecule has 0 fully saturated rings. The minimum Gasteiger partial charge on any atom is -0.397 e. The van der Waals surface area contributed by atoms with E-state index in [1.807, 2.05) is 0 Å². The van der Waals surface area contributed by atoms with Crippen LogP contribution in [0.3, 0.4) is 0 Å². The van der Waals surface area contributed by atoms with Gasteiger partial charge in [-0.15, -0.1) is 0 Å². The third kappa shape index (κ3) is 3.18. The molecule has 88 valence electrons. The van der Waals surface area contributed by atoms with Gasteiger partial charge in [0, 0.05) is 6.54 Å². The largest absolute Gasteiger partial charge is 0.397 e. The Morgan fingerprint density at radius 3 is 3.00 bits per heavy atom. The minimum atomic E-state index is -0.960. The number of aromatic nitrogens is 1. The number of aliphatic hydroxyl groups excluding tert-OH is 2. The summed E-state index contributed by atoms with van der Waals surface area (Å²) in [5, 5.41) is 20.1. The van der Waals surface area contributed by atoms with E-state index in [-0.39, 0.29) is 12.5 Å². The maximum Gasteiger partial charge on any atom is 0.253 e. The van der Waals surface area contributed by atoms with Crippen molar-refractivity contribution < 1.29 is 15.0 Å². The van der Waals surface area contributed by atoms with Crippen LogP contribution >= 0.6 is 0 Å². The SMILES string of the molecule is Cc1ncc(N)cc1C(=O)NCC(O)CO. The number of aliphatic hydroxyl groups is 2. The highest BCUT2D eigenvalue weighted by Gasteiger charge is 2.11. The molecule has 6 heteroatoms. The lowest BCUT2D eigenvalue weighted by Crippen LogP contribution is -2.34. The number of nitrogen functional groups attached to an aromatic ring is 1. The molecule has 1 unspecified atom stereocenters. The summed E-state index contributed by atoms with van der Waals surface area (Å²) in [4.78, 5) is 15.6. The van der Waals surface area contributed by atoms with Gasteiger partial charge in [0.25, 0.3) is 5.91 Å². The predicted molar refractivity (Wildman–Crippen MR) is 58.8 cm³/mol. The van der Waals surface area contributed by atoms with E-state index in [9.17, 15) is 4.79 Å². The number of pyridine rings is 1. The van der Waals surface area contributed by atoms with Crippen LogP contribution in [0.5, 0.6) is 0 Å². The van der Waals surface area contributed by atoms with Crippen molar-refractivity contribution in [3.05, 3.63) is 23.5 Å². The highest BCUT2D eigenvalue weighted by Crippen LogP contribution is 2.09. The van der Waals surface area contributed by atoms with Gasteiger partial charge in [0.15, 0.2) is 0 Å². The lowest BCUT2D eigenvalue weighted by atomic mass is 10.2. The highest BCUT2D eigenvalue weighted by molar-refractivity contribution is 5.95. The Morgan fingerprint density at radius 1 is 1.69 bits per heavy atom. The van der Waals surface area contributed by atoms with Gasteiger partial charge >= 0.3 is 0 Å². The number of anilines is 1. The Morgan fingerprint density at radius 2 is 2.38 bits per heavy atom. The summed E-state index contributed by atoms with van der Waals surface area (Å²) in [6.45, 7) is 1.29. The van der Waals surface area contributed by atoms with Gasteiger partial charge in [-0.05, 0) is 13.0 Å². The molecule has 0 saturated carbocycles. The fourth-order valence-corrected chi connectivity index (χ4v) is 1.15. The summed E-state index contributed by atoms with van der Waals surface area (Å²) < 4.78 is 0. The first-order valence-corrected chi connectivity index (χ1v) is 4.84. The van der Waals surface area contributed by atoms with Gasteiger partial charge in [-0.3, -0.25) is 9.78 Å². The average Bonchev–Trinajstić information content (AvgIpc) is 2.28. The lowest BCUT2D eigenvalue weighted by Gasteiger charge is -2.10. The Balaban J connectivity index is 2.69. The Labute approximate surface area is 93.1 Å². The lowest BCUT2D eigenvalue weighted by molar-refractivity contribution is 0.0801. The zero-order chi connectivity index (χ0) is 12.1. The molecule has 0 spiro atoms. The molecular formula is C10H15N3O3. The maximum absolute atomic E-state index is 11.6. The van der Waals surface area contributed by atoms with E-state index in [0.29, 0.717) is 16.9 Å². The number of nitrogens with one attached hydrogen (secondary N) is 1. The van der Waals surface area contributed by atoms with Gasteiger partial charge in [0.05, 0.1) is 35.9 Å². The molecule has 1 aromatic rings. The number of nitrogens with two attached hydrogens (primary N) is 1. The predicted octanol–water partition coefficient (Wildman–Crippen LogP) is -0.945. The van der Waals surface area contributed by atoms with Crippen molar-refractivity contribution in [1.82, 2.24) is 10.3 Å². The molecule has 16 heavy (non-hydrogen) atoms. The standard InChI is InChI=1S/C10H15N3O3/c1-6-9(2-7(11)3-12-6)10(16)13-4-8(15)5-14/h2-3,8,14-15H,4-5,11H2,1H3,(H,13,16). The van der Waals surface area contributed by atoms with Gasteiger partial charge < -0.3 is 21.3 Å². The number of carbonyl (C=O) groups excluding carboxylic acids is 1. The zero-order valence-electron chi connectivity index (χ0n) is 8.97. The molecule has 0 radical (unpaired) electrons. The smallest absolute Gasteiger partial charge is 0.253 e. The number of amides is 1. The number of aryl methyl sites for hydroxylation is 1. The van der Waals surface area contributed by atoms with Crippen molar-refractivity contribution in [3.63, 3.8) is 0 Å². The summed E-state index contributed by atoms with van der Waals surface area (Å²) in [7, 11) is 0. The summed E-state index contributed by atoms with van der Waals surface area (Å²) >= 11 is 0. The van der Waals surface area contributed by atoms with E-state index in [2.05, 4.69) is 10.3 Å². The fourth-order valence-electron chi connectivity index (χ4n) is 1.15. The van der Waals surface area contributed by atoms with Crippen molar-refractivity contribution in [3.8, 4) is 0 Å². The summed E-state index contributed by atoms with van der Waals surface area (Å²) in [5.74, 6) is -0.371. The maximum atomic E-state index is 11.6. The van der Waals surface area contributed by atoms with E-state index in [1.165, 1.54) is 12.3 Å². The third-order valence-corrected chi connectivity index (χ3v) is 2.06. The molecule has 1 aromatic heterocycles. The van der Waals surface area contributed by atoms with Crippen molar-refractivity contribution in [2.45, 2.75) is 13.0 Å². The molecule has 1 atom stereocenters. The molecule has 0 saturated heterocycles. The van der Waals surface area contributed by atoms with Crippen LogP contribution in [0.15, 0.2) is 12.3 Å². The number of hydrogen-bond donors (Lipinski definition) is 4. The van der Waals surface area contributed by atoms with E-state index in [4.69, 9.17) is 15.9 Å². The Hall–Kier alpha value is -1.66. The van der Waals surface area contributed by atoms with Crippen molar-refractivity contribution in [2.24, 2.45) is 0 Å². The molecule has 0 aliphatic rings. The molecule has 1 rings (SSSR count). The molecule has 5 N–H and O–H groups in total. The summed E-state index contributed by atoms with van der Waals surface area (Å²) in [5.41, 5.74) is 6.84. The molecule has 0 aromatic carbocycles. The third-order valence-electron chi connectivity index (χ3n) is 2.06. The molecule has 1 heterocycles. The summed E-state index contributed by atoms with van der Waals surface area (Å²) in [6.07, 6.45) is 0.507. The van der Waals surface area contributed by atoms with E-state index in [0.717, 1.165) is 0 Å². The second-order valence-electron chi connectivity index (χ2n) is 3.45. The van der Waals surface area contributed by atoms with Crippen LogP contribution in [0.25, 0.3) is 0 Å². The number of hydrogen-bond acceptors (Lipinski definition) is 5. The van der Waals surface area contributed by atoms with Gasteiger partial charge in [-0.1, -0.05) is 0 Å². The monoisotopic (exact) mass is 225 g/mol. The van der Waals surface area contributed by atoms with E-state index >= 15 is 0 Å². The number of nitrogens with zero attached hydrogens (tertiary/aromatic N) is 1. The van der Waals surface area contributed by atoms with Crippen LogP contribution in [0.2, 0.25) is 0 Å². The molecule has 0 aliphatic heterocycles. The Bertz CT molecular complexity index is 382. The van der Waals surface area contributed by atoms with E-state index < -0.39 is 12.7 Å². The molecular weight excluding hydrogens is 210 g/mol. The van der Waals surface area contributed by atoms with Crippen molar-refractivity contribution in [1.29, 1.82) is 0 Å². The van der Waals surface area contributed by atoms with Crippen LogP contribution in [-0.2, 0) is 0 Å². The van der Waals surface area contributed by atoms with Crippen molar-refractivity contribution >= 4 is 11.6 Å². The van der Waals surface area contributed by atoms with Crippen LogP contribution in [0.1, 0.15) is 16.1 Å². The number of carbonyl (C=O) groups is 1.